The number of benzene rings is 1. The standard InChI is InChI=1S/C19H24N4O4S/c1-12(19-21-17(22-27-19)13-5-3-4-6-13)20-18(24)15-7-8-16-14(11-15)9-10-23(16)28(2,25)26/h7-8,11-13H,3-6,9-10H2,1-2H3,(H,20,24). The molecule has 28 heavy (non-hydrogen) atoms. The molecule has 1 aliphatic heterocycles. The monoisotopic (exact) mass is 404 g/mol. The van der Waals surface area contributed by atoms with Gasteiger partial charge in [0.05, 0.1) is 11.9 Å². The van der Waals surface area contributed by atoms with E-state index in [4.69, 9.17) is 4.52 Å². The van der Waals surface area contributed by atoms with Gasteiger partial charge in [-0.3, -0.25) is 9.10 Å². The first-order valence-corrected chi connectivity index (χ1v) is 11.4. The van der Waals surface area contributed by atoms with Crippen molar-refractivity contribution in [2.24, 2.45) is 0 Å². The highest BCUT2D eigenvalue weighted by Crippen LogP contribution is 2.33. The van der Waals surface area contributed by atoms with Crippen LogP contribution in [0.4, 0.5) is 5.69 Å². The first-order valence-electron chi connectivity index (χ1n) is 9.58. The number of nitrogens with zero attached hydrogens (tertiary/aromatic N) is 3. The molecule has 0 bridgehead atoms. The third-order valence-corrected chi connectivity index (χ3v) is 6.67. The number of fused-ring (bicyclic) bond motifs is 1. The molecule has 2 aliphatic rings. The second-order valence-corrected chi connectivity index (χ2v) is 9.50. The Morgan fingerprint density at radius 1 is 1.32 bits per heavy atom. The molecule has 1 amide bonds. The number of nitrogens with one attached hydrogen (secondary N) is 1. The zero-order chi connectivity index (χ0) is 19.9. The number of sulfonamides is 1. The predicted molar refractivity (Wildman–Crippen MR) is 104 cm³/mol. The van der Waals surface area contributed by atoms with Crippen LogP contribution < -0.4 is 9.62 Å². The first-order chi connectivity index (χ1) is 13.3. The Kier molecular flexibility index (Phi) is 4.86. The second-order valence-electron chi connectivity index (χ2n) is 7.60. The Labute approximate surface area is 164 Å². The molecule has 1 saturated carbocycles. The molecule has 0 spiro atoms. The summed E-state index contributed by atoms with van der Waals surface area (Å²) in [6, 6.07) is 4.67. The lowest BCUT2D eigenvalue weighted by atomic mass is 10.1. The molecule has 0 saturated heterocycles. The van der Waals surface area contributed by atoms with Gasteiger partial charge in [-0.1, -0.05) is 18.0 Å². The van der Waals surface area contributed by atoms with Crippen molar-refractivity contribution in [3.63, 3.8) is 0 Å². The smallest absolute Gasteiger partial charge is 0.251 e. The van der Waals surface area contributed by atoms with Crippen LogP contribution in [0.3, 0.4) is 0 Å². The van der Waals surface area contributed by atoms with E-state index in [1.165, 1.54) is 23.4 Å². The molecule has 2 heterocycles. The summed E-state index contributed by atoms with van der Waals surface area (Å²) in [5.41, 5.74) is 1.98. The highest BCUT2D eigenvalue weighted by atomic mass is 32.2. The number of amides is 1. The van der Waals surface area contributed by atoms with Gasteiger partial charge in [-0.05, 0) is 49.9 Å². The lowest BCUT2D eigenvalue weighted by Crippen LogP contribution is -2.28. The highest BCUT2D eigenvalue weighted by molar-refractivity contribution is 7.92. The zero-order valence-corrected chi connectivity index (χ0v) is 16.8. The van der Waals surface area contributed by atoms with Crippen molar-refractivity contribution >= 4 is 21.6 Å². The Morgan fingerprint density at radius 3 is 2.79 bits per heavy atom. The first kappa shape index (κ1) is 18.9. The maximum Gasteiger partial charge on any atom is 0.251 e. The molecule has 1 aromatic heterocycles. The lowest BCUT2D eigenvalue weighted by Gasteiger charge is -2.16. The van der Waals surface area contributed by atoms with E-state index >= 15 is 0 Å². The van der Waals surface area contributed by atoms with Gasteiger partial charge in [0, 0.05) is 18.0 Å². The fourth-order valence-electron chi connectivity index (χ4n) is 3.97. The average Bonchev–Trinajstić information content (AvgIpc) is 3.38. The summed E-state index contributed by atoms with van der Waals surface area (Å²) in [6.45, 7) is 2.21. The number of carbonyl (C=O) groups is 1. The summed E-state index contributed by atoms with van der Waals surface area (Å²) in [7, 11) is -3.30. The van der Waals surface area contributed by atoms with Crippen LogP contribution in [0.15, 0.2) is 22.7 Å². The van der Waals surface area contributed by atoms with Gasteiger partial charge in [0.1, 0.15) is 6.04 Å². The van der Waals surface area contributed by atoms with Crippen molar-refractivity contribution in [3.8, 4) is 0 Å². The van der Waals surface area contributed by atoms with Crippen LogP contribution >= 0.6 is 0 Å². The number of aromatic nitrogens is 2. The van der Waals surface area contributed by atoms with Crippen LogP contribution in [0.1, 0.15) is 72.2 Å². The van der Waals surface area contributed by atoms with Crippen molar-refractivity contribution < 1.29 is 17.7 Å². The minimum Gasteiger partial charge on any atom is -0.341 e. The number of anilines is 1. The van der Waals surface area contributed by atoms with Gasteiger partial charge in [0.15, 0.2) is 5.82 Å². The SMILES string of the molecule is CC(NC(=O)c1ccc2c(c1)CCN2S(C)(=O)=O)c1nc(C2CCCC2)no1. The van der Waals surface area contributed by atoms with E-state index in [1.807, 2.05) is 6.92 Å². The van der Waals surface area contributed by atoms with Crippen LogP contribution in [-0.2, 0) is 16.4 Å². The Bertz CT molecular complexity index is 995. The molecule has 1 aromatic carbocycles. The molecule has 2 aromatic rings. The van der Waals surface area contributed by atoms with Crippen molar-refractivity contribution in [2.75, 3.05) is 17.1 Å². The predicted octanol–water partition coefficient (Wildman–Crippen LogP) is 2.54. The lowest BCUT2D eigenvalue weighted by molar-refractivity contribution is 0.0932. The van der Waals surface area contributed by atoms with Gasteiger partial charge in [-0.15, -0.1) is 0 Å². The van der Waals surface area contributed by atoms with Crippen molar-refractivity contribution in [1.82, 2.24) is 15.5 Å². The summed E-state index contributed by atoms with van der Waals surface area (Å²) < 4.78 is 30.4. The van der Waals surface area contributed by atoms with E-state index < -0.39 is 16.1 Å². The molecule has 1 unspecified atom stereocenters. The van der Waals surface area contributed by atoms with Gasteiger partial charge >= 0.3 is 0 Å². The van der Waals surface area contributed by atoms with Gasteiger partial charge in [0.2, 0.25) is 15.9 Å². The van der Waals surface area contributed by atoms with E-state index in [1.54, 1.807) is 18.2 Å². The van der Waals surface area contributed by atoms with Gasteiger partial charge in [0.25, 0.3) is 5.91 Å². The Balaban J connectivity index is 1.45. The van der Waals surface area contributed by atoms with Gasteiger partial charge in [-0.25, -0.2) is 8.42 Å². The Hall–Kier alpha value is -2.42. The third kappa shape index (κ3) is 3.63. The summed E-state index contributed by atoms with van der Waals surface area (Å²) >= 11 is 0. The molecular weight excluding hydrogens is 380 g/mol. The van der Waals surface area contributed by atoms with E-state index in [9.17, 15) is 13.2 Å². The number of hydrogen-bond donors (Lipinski definition) is 1. The molecular formula is C19H24N4O4S. The minimum absolute atomic E-state index is 0.256. The number of rotatable bonds is 5. The van der Waals surface area contributed by atoms with Crippen LogP contribution in [-0.4, -0.2) is 37.3 Å². The molecule has 1 aliphatic carbocycles. The average molecular weight is 404 g/mol. The van der Waals surface area contributed by atoms with E-state index in [0.29, 0.717) is 36.0 Å². The van der Waals surface area contributed by atoms with Crippen LogP contribution in [0.25, 0.3) is 0 Å². The molecule has 1 atom stereocenters. The number of carbonyl (C=O) groups excluding carboxylic acids is 1. The molecule has 4 rings (SSSR count). The summed E-state index contributed by atoms with van der Waals surface area (Å²) in [6.07, 6.45) is 6.33. The molecule has 0 radical (unpaired) electrons. The maximum atomic E-state index is 12.6. The topological polar surface area (TPSA) is 105 Å². The van der Waals surface area contributed by atoms with Crippen LogP contribution in [0.5, 0.6) is 0 Å². The largest absolute Gasteiger partial charge is 0.341 e. The van der Waals surface area contributed by atoms with E-state index in [-0.39, 0.29) is 5.91 Å². The third-order valence-electron chi connectivity index (χ3n) is 5.49. The second kappa shape index (κ2) is 7.20. The molecule has 1 N–H and O–H groups in total. The van der Waals surface area contributed by atoms with Crippen LogP contribution in [0.2, 0.25) is 0 Å². The maximum absolute atomic E-state index is 12.6. The quantitative estimate of drug-likeness (QED) is 0.821. The zero-order valence-electron chi connectivity index (χ0n) is 16.0. The summed E-state index contributed by atoms with van der Waals surface area (Å²) in [5, 5.41) is 6.96. The summed E-state index contributed by atoms with van der Waals surface area (Å²) in [5.74, 6) is 1.23. The van der Waals surface area contributed by atoms with Gasteiger partial charge in [-0.2, -0.15) is 4.98 Å². The molecule has 9 heteroatoms. The van der Waals surface area contributed by atoms with Crippen molar-refractivity contribution in [3.05, 3.63) is 41.0 Å². The fourth-order valence-corrected chi connectivity index (χ4v) is 4.93. The molecule has 150 valence electrons. The fraction of sp³-hybridized carbons (Fsp3) is 0.526. The van der Waals surface area contributed by atoms with Crippen molar-refractivity contribution in [2.45, 2.75) is 51.0 Å². The molecule has 1 fully saturated rings. The normalized spacial score (nSPS) is 18.3. The van der Waals surface area contributed by atoms with E-state index in [0.717, 1.165) is 24.2 Å². The Morgan fingerprint density at radius 2 is 2.07 bits per heavy atom. The van der Waals surface area contributed by atoms with Crippen molar-refractivity contribution in [1.29, 1.82) is 0 Å². The van der Waals surface area contributed by atoms with Crippen LogP contribution in [0, 0.1) is 0 Å². The minimum atomic E-state index is -3.30. The van der Waals surface area contributed by atoms with E-state index in [2.05, 4.69) is 15.5 Å². The van der Waals surface area contributed by atoms with Gasteiger partial charge < -0.3 is 9.84 Å². The molecule has 8 nitrogen and oxygen atoms in total. The summed E-state index contributed by atoms with van der Waals surface area (Å²) in [4.78, 5) is 17.1. The number of hydrogen-bond acceptors (Lipinski definition) is 6. The highest BCUT2D eigenvalue weighted by Gasteiger charge is 2.28.